The molecule has 1 amide bonds. The lowest BCUT2D eigenvalue weighted by molar-refractivity contribution is -0.127. The minimum atomic E-state index is -0.488. The molecule has 0 unspecified atom stereocenters. The second-order valence-electron chi connectivity index (χ2n) is 8.32. The zero-order valence-corrected chi connectivity index (χ0v) is 19.6. The van der Waals surface area contributed by atoms with Crippen molar-refractivity contribution in [2.75, 3.05) is 26.5 Å². The van der Waals surface area contributed by atoms with E-state index in [0.717, 1.165) is 12.1 Å². The maximum atomic E-state index is 13.4. The summed E-state index contributed by atoms with van der Waals surface area (Å²) in [7, 11) is 3.13. The van der Waals surface area contributed by atoms with Crippen LogP contribution in [0.15, 0.2) is 58.5 Å². The average Bonchev–Trinajstić information content (AvgIpc) is 3.65. The van der Waals surface area contributed by atoms with E-state index in [1.54, 1.807) is 27.7 Å². The monoisotopic (exact) mass is 465 g/mol. The third-order valence-corrected chi connectivity index (χ3v) is 6.75. The van der Waals surface area contributed by atoms with Gasteiger partial charge in [-0.15, -0.1) is 0 Å². The molecular formula is C25H27N3O4S. The van der Waals surface area contributed by atoms with Gasteiger partial charge in [0.15, 0.2) is 5.16 Å². The highest BCUT2D eigenvalue weighted by atomic mass is 32.2. The molecule has 4 rings (SSSR count). The molecule has 0 N–H and O–H groups in total. The van der Waals surface area contributed by atoms with Gasteiger partial charge in [-0.1, -0.05) is 42.1 Å². The number of hydrogen-bond acceptors (Lipinski definition) is 6. The number of thioether (sulfide) groups is 1. The molecule has 0 atom stereocenters. The van der Waals surface area contributed by atoms with Crippen LogP contribution < -0.4 is 5.56 Å². The second kappa shape index (κ2) is 10.2. The van der Waals surface area contributed by atoms with Gasteiger partial charge in [0.1, 0.15) is 0 Å². The summed E-state index contributed by atoms with van der Waals surface area (Å²) in [4.78, 5) is 44.4. The molecule has 1 saturated carbocycles. The van der Waals surface area contributed by atoms with Crippen LogP contribution in [0.1, 0.15) is 28.8 Å². The van der Waals surface area contributed by atoms with Gasteiger partial charge < -0.3 is 9.64 Å². The van der Waals surface area contributed by atoms with Crippen LogP contribution in [0.4, 0.5) is 0 Å². The van der Waals surface area contributed by atoms with Crippen molar-refractivity contribution in [3.05, 3.63) is 70.0 Å². The summed E-state index contributed by atoms with van der Waals surface area (Å²) in [6.45, 7) is 1.22. The smallest absolute Gasteiger partial charge is 0.337 e. The van der Waals surface area contributed by atoms with Gasteiger partial charge in [-0.25, -0.2) is 9.78 Å². The van der Waals surface area contributed by atoms with Crippen LogP contribution in [-0.4, -0.2) is 52.8 Å². The normalized spacial score (nSPS) is 13.2. The second-order valence-corrected chi connectivity index (χ2v) is 9.26. The first-order valence-corrected chi connectivity index (χ1v) is 12.0. The zero-order valence-electron chi connectivity index (χ0n) is 18.8. The number of benzene rings is 2. The molecule has 3 aromatic rings. The van der Waals surface area contributed by atoms with Crippen LogP contribution in [0.3, 0.4) is 0 Å². The van der Waals surface area contributed by atoms with E-state index in [4.69, 9.17) is 4.74 Å². The molecule has 0 bridgehead atoms. The molecule has 1 heterocycles. The van der Waals surface area contributed by atoms with Crippen LogP contribution in [0, 0.1) is 5.92 Å². The van der Waals surface area contributed by atoms with E-state index in [0.29, 0.717) is 40.5 Å². The fourth-order valence-corrected chi connectivity index (χ4v) is 4.63. The molecule has 2 aromatic carbocycles. The third kappa shape index (κ3) is 5.63. The van der Waals surface area contributed by atoms with Crippen molar-refractivity contribution in [1.29, 1.82) is 0 Å². The maximum absolute atomic E-state index is 13.4. The number of aryl methyl sites for hydroxylation is 1. The zero-order chi connectivity index (χ0) is 23.4. The lowest BCUT2D eigenvalue weighted by Crippen LogP contribution is -2.31. The first-order chi connectivity index (χ1) is 16.0. The van der Waals surface area contributed by atoms with Crippen molar-refractivity contribution < 1.29 is 14.3 Å². The van der Waals surface area contributed by atoms with Crippen molar-refractivity contribution in [3.63, 3.8) is 0 Å². The summed E-state index contributed by atoms with van der Waals surface area (Å²) in [5, 5.41) is 0.899. The van der Waals surface area contributed by atoms with Gasteiger partial charge in [0.2, 0.25) is 5.91 Å². The lowest BCUT2D eigenvalue weighted by Gasteiger charge is -2.17. The summed E-state index contributed by atoms with van der Waals surface area (Å²) in [5.41, 5.74) is 1.67. The Balaban J connectivity index is 1.64. The Morgan fingerprint density at radius 3 is 2.64 bits per heavy atom. The minimum absolute atomic E-state index is 0.0131. The highest BCUT2D eigenvalue weighted by Crippen LogP contribution is 2.29. The molecule has 172 valence electrons. The SMILES string of the molecule is COC(=O)c1ccc2c(=O)n(CCc3ccccc3)c(SCC(=O)N(C)CC3CC3)nc2c1. The van der Waals surface area contributed by atoms with Crippen LogP contribution in [0.25, 0.3) is 10.9 Å². The van der Waals surface area contributed by atoms with Crippen LogP contribution in [0.2, 0.25) is 0 Å². The standard InChI is InChI=1S/C25H27N3O4S/c1-27(15-18-8-9-18)22(29)16-33-25-26-21-14-19(24(31)32-2)10-11-20(21)23(30)28(25)13-12-17-6-4-3-5-7-17/h3-7,10-11,14,18H,8-9,12-13,15-16H2,1-2H3. The van der Waals surface area contributed by atoms with Gasteiger partial charge in [-0.05, 0) is 48.9 Å². The highest BCUT2D eigenvalue weighted by Gasteiger charge is 2.25. The molecule has 33 heavy (non-hydrogen) atoms. The van der Waals surface area contributed by atoms with E-state index in [9.17, 15) is 14.4 Å². The first-order valence-electron chi connectivity index (χ1n) is 11.0. The van der Waals surface area contributed by atoms with Crippen molar-refractivity contribution in [2.24, 2.45) is 5.92 Å². The molecular weight excluding hydrogens is 438 g/mol. The quantitative estimate of drug-likeness (QED) is 0.274. The number of methoxy groups -OCH3 is 1. The number of rotatable bonds is 9. The van der Waals surface area contributed by atoms with Gasteiger partial charge in [-0.3, -0.25) is 14.2 Å². The molecule has 1 aliphatic rings. The lowest BCUT2D eigenvalue weighted by atomic mass is 10.1. The number of ether oxygens (including phenoxy) is 1. The number of esters is 1. The molecule has 0 saturated heterocycles. The van der Waals surface area contributed by atoms with Crippen molar-refractivity contribution in [3.8, 4) is 0 Å². The Kier molecular flexibility index (Phi) is 7.13. The fourth-order valence-electron chi connectivity index (χ4n) is 3.66. The number of amides is 1. The Morgan fingerprint density at radius 2 is 1.94 bits per heavy atom. The van der Waals surface area contributed by atoms with E-state index in [-0.39, 0.29) is 17.2 Å². The Bertz CT molecular complexity index is 1220. The maximum Gasteiger partial charge on any atom is 0.337 e. The van der Waals surface area contributed by atoms with Crippen molar-refractivity contribution >= 4 is 34.5 Å². The topological polar surface area (TPSA) is 81.5 Å². The Labute approximate surface area is 196 Å². The number of carbonyl (C=O) groups excluding carboxylic acids is 2. The molecule has 1 aliphatic carbocycles. The van der Waals surface area contributed by atoms with Crippen LogP contribution in [0.5, 0.6) is 0 Å². The summed E-state index contributed by atoms with van der Waals surface area (Å²) in [6, 6.07) is 14.7. The minimum Gasteiger partial charge on any atom is -0.465 e. The molecule has 1 aromatic heterocycles. The Hall–Kier alpha value is -3.13. The molecule has 0 aliphatic heterocycles. The molecule has 0 spiro atoms. The van der Waals surface area contributed by atoms with E-state index in [2.05, 4.69) is 4.98 Å². The number of aromatic nitrogens is 2. The van der Waals surface area contributed by atoms with E-state index < -0.39 is 5.97 Å². The van der Waals surface area contributed by atoms with E-state index >= 15 is 0 Å². The molecule has 0 radical (unpaired) electrons. The fraction of sp³-hybridized carbons (Fsp3) is 0.360. The highest BCUT2D eigenvalue weighted by molar-refractivity contribution is 7.99. The average molecular weight is 466 g/mol. The summed E-state index contributed by atoms with van der Waals surface area (Å²) in [6.07, 6.45) is 3.02. The summed E-state index contributed by atoms with van der Waals surface area (Å²) < 4.78 is 6.42. The third-order valence-electron chi connectivity index (χ3n) is 5.79. The number of hydrogen-bond donors (Lipinski definition) is 0. The molecule has 1 fully saturated rings. The Morgan fingerprint density at radius 1 is 1.18 bits per heavy atom. The largest absolute Gasteiger partial charge is 0.465 e. The van der Waals surface area contributed by atoms with Gasteiger partial charge in [-0.2, -0.15) is 0 Å². The van der Waals surface area contributed by atoms with Crippen LogP contribution >= 0.6 is 11.8 Å². The van der Waals surface area contributed by atoms with E-state index in [1.807, 2.05) is 37.4 Å². The van der Waals surface area contributed by atoms with Crippen LogP contribution in [-0.2, 0) is 22.5 Å². The van der Waals surface area contributed by atoms with Gasteiger partial charge >= 0.3 is 5.97 Å². The predicted octanol–water partition coefficient (Wildman–Crippen LogP) is 3.39. The molecule has 8 heteroatoms. The van der Waals surface area contributed by atoms with Crippen molar-refractivity contribution in [2.45, 2.75) is 31.0 Å². The predicted molar refractivity (Wildman–Crippen MR) is 129 cm³/mol. The number of carbonyl (C=O) groups is 2. The summed E-state index contributed by atoms with van der Waals surface area (Å²) in [5.74, 6) is 0.337. The van der Waals surface area contributed by atoms with Gasteiger partial charge in [0.05, 0.1) is 29.3 Å². The number of fused-ring (bicyclic) bond motifs is 1. The summed E-state index contributed by atoms with van der Waals surface area (Å²) >= 11 is 1.26. The first kappa shape index (κ1) is 23.0. The van der Waals surface area contributed by atoms with Crippen molar-refractivity contribution in [1.82, 2.24) is 14.5 Å². The number of nitrogens with zero attached hydrogens (tertiary/aromatic N) is 3. The van der Waals surface area contributed by atoms with Gasteiger partial charge in [0, 0.05) is 20.1 Å². The van der Waals surface area contributed by atoms with E-state index in [1.165, 1.54) is 31.7 Å². The van der Waals surface area contributed by atoms with Gasteiger partial charge in [0.25, 0.3) is 5.56 Å². The molecule has 7 nitrogen and oxygen atoms in total.